The van der Waals surface area contributed by atoms with E-state index in [1.54, 1.807) is 6.21 Å². The van der Waals surface area contributed by atoms with E-state index in [9.17, 15) is 4.79 Å². The molecule has 0 aliphatic carbocycles. The molecular weight excluding hydrogens is 248 g/mol. The number of nitrogens with one attached hydrogen (secondary N) is 1. The van der Waals surface area contributed by atoms with Gasteiger partial charge in [0, 0.05) is 6.42 Å². The molecule has 0 radical (unpaired) electrons. The molecule has 2 aromatic rings. The number of amides is 1. The van der Waals surface area contributed by atoms with E-state index in [1.807, 2.05) is 61.5 Å². The molecule has 1 amide bonds. The fraction of sp³-hybridized carbons (Fsp3) is 0.176. The van der Waals surface area contributed by atoms with E-state index in [1.165, 1.54) is 5.56 Å². The highest BCUT2D eigenvalue weighted by atomic mass is 16.2. The Morgan fingerprint density at radius 1 is 1.15 bits per heavy atom. The van der Waals surface area contributed by atoms with E-state index in [-0.39, 0.29) is 5.91 Å². The van der Waals surface area contributed by atoms with Gasteiger partial charge in [-0.2, -0.15) is 5.10 Å². The van der Waals surface area contributed by atoms with Gasteiger partial charge in [0.25, 0.3) is 0 Å². The summed E-state index contributed by atoms with van der Waals surface area (Å²) < 4.78 is 0. The number of benzene rings is 2. The zero-order valence-electron chi connectivity index (χ0n) is 11.5. The van der Waals surface area contributed by atoms with Gasteiger partial charge in [-0.05, 0) is 24.5 Å². The van der Waals surface area contributed by atoms with Gasteiger partial charge >= 0.3 is 0 Å². The maximum atomic E-state index is 11.6. The van der Waals surface area contributed by atoms with Crippen LogP contribution in [-0.2, 0) is 11.2 Å². The second-order valence-corrected chi connectivity index (χ2v) is 4.69. The average molecular weight is 266 g/mol. The predicted octanol–water partition coefficient (Wildman–Crippen LogP) is 3.08. The van der Waals surface area contributed by atoms with Crippen molar-refractivity contribution in [1.82, 2.24) is 5.43 Å². The largest absolute Gasteiger partial charge is 0.273 e. The second-order valence-electron chi connectivity index (χ2n) is 4.69. The first kappa shape index (κ1) is 14.0. The Morgan fingerprint density at radius 3 is 2.70 bits per heavy atom. The molecule has 0 aliphatic heterocycles. The van der Waals surface area contributed by atoms with Crippen molar-refractivity contribution in [2.75, 3.05) is 0 Å². The molecule has 0 aromatic heterocycles. The molecule has 0 saturated heterocycles. The van der Waals surface area contributed by atoms with Gasteiger partial charge < -0.3 is 0 Å². The van der Waals surface area contributed by atoms with Crippen LogP contribution in [0, 0.1) is 6.92 Å². The Hall–Kier alpha value is -2.42. The van der Waals surface area contributed by atoms with E-state index in [4.69, 9.17) is 0 Å². The number of rotatable bonds is 5. The fourth-order valence-electron chi connectivity index (χ4n) is 1.89. The van der Waals surface area contributed by atoms with Gasteiger partial charge in [0.05, 0.1) is 6.21 Å². The van der Waals surface area contributed by atoms with Crippen LogP contribution in [-0.4, -0.2) is 12.1 Å². The third-order valence-corrected chi connectivity index (χ3v) is 2.93. The van der Waals surface area contributed by atoms with Gasteiger partial charge in [0.2, 0.25) is 5.91 Å². The summed E-state index contributed by atoms with van der Waals surface area (Å²) in [5, 5.41) is 3.97. The summed E-state index contributed by atoms with van der Waals surface area (Å²) in [5.74, 6) is -0.0715. The van der Waals surface area contributed by atoms with Crippen molar-refractivity contribution in [1.29, 1.82) is 0 Å². The van der Waals surface area contributed by atoms with Crippen LogP contribution < -0.4 is 5.43 Å². The van der Waals surface area contributed by atoms with Gasteiger partial charge in [-0.3, -0.25) is 4.79 Å². The Morgan fingerprint density at radius 2 is 1.95 bits per heavy atom. The molecule has 20 heavy (non-hydrogen) atoms. The molecule has 0 heterocycles. The van der Waals surface area contributed by atoms with Gasteiger partial charge in [0.1, 0.15) is 0 Å². The van der Waals surface area contributed by atoms with Gasteiger partial charge in [-0.1, -0.05) is 60.2 Å². The van der Waals surface area contributed by atoms with E-state index in [0.717, 1.165) is 17.5 Å². The van der Waals surface area contributed by atoms with E-state index in [0.29, 0.717) is 6.42 Å². The molecule has 0 atom stereocenters. The highest BCUT2D eigenvalue weighted by Crippen LogP contribution is 2.02. The Labute approximate surface area is 119 Å². The molecule has 102 valence electrons. The van der Waals surface area contributed by atoms with Crippen molar-refractivity contribution in [2.45, 2.75) is 19.8 Å². The lowest BCUT2D eigenvalue weighted by Gasteiger charge is -2.00. The topological polar surface area (TPSA) is 41.5 Å². The highest BCUT2D eigenvalue weighted by Gasteiger charge is 2.00. The Kier molecular flexibility index (Phi) is 5.07. The fourth-order valence-corrected chi connectivity index (χ4v) is 1.89. The van der Waals surface area contributed by atoms with Crippen molar-refractivity contribution in [3.8, 4) is 0 Å². The quantitative estimate of drug-likeness (QED) is 0.656. The van der Waals surface area contributed by atoms with E-state index >= 15 is 0 Å². The van der Waals surface area contributed by atoms with Crippen LogP contribution in [0.1, 0.15) is 23.1 Å². The molecule has 0 bridgehead atoms. The zero-order chi connectivity index (χ0) is 14.2. The van der Waals surface area contributed by atoms with Crippen LogP contribution in [0.25, 0.3) is 0 Å². The number of hydrazone groups is 1. The third-order valence-electron chi connectivity index (χ3n) is 2.93. The normalized spacial score (nSPS) is 10.7. The highest BCUT2D eigenvalue weighted by molar-refractivity contribution is 5.82. The molecule has 3 nitrogen and oxygen atoms in total. The predicted molar refractivity (Wildman–Crippen MR) is 81.7 cm³/mol. The number of aryl methyl sites for hydroxylation is 2. The molecule has 0 fully saturated rings. The molecule has 3 heteroatoms. The maximum Gasteiger partial charge on any atom is 0.240 e. The minimum absolute atomic E-state index is 0.0715. The van der Waals surface area contributed by atoms with Crippen molar-refractivity contribution in [3.63, 3.8) is 0 Å². The van der Waals surface area contributed by atoms with E-state index < -0.39 is 0 Å². The molecule has 1 N–H and O–H groups in total. The van der Waals surface area contributed by atoms with Crippen LogP contribution in [0.3, 0.4) is 0 Å². The van der Waals surface area contributed by atoms with Crippen LogP contribution in [0.5, 0.6) is 0 Å². The van der Waals surface area contributed by atoms with E-state index in [2.05, 4.69) is 10.5 Å². The molecule has 0 unspecified atom stereocenters. The molecule has 2 aromatic carbocycles. The number of hydrogen-bond donors (Lipinski definition) is 1. The monoisotopic (exact) mass is 266 g/mol. The van der Waals surface area contributed by atoms with Crippen LogP contribution >= 0.6 is 0 Å². The minimum Gasteiger partial charge on any atom is -0.273 e. The average Bonchev–Trinajstić information content (AvgIpc) is 2.46. The lowest BCUT2D eigenvalue weighted by molar-refractivity contribution is -0.121. The summed E-state index contributed by atoms with van der Waals surface area (Å²) in [4.78, 5) is 11.6. The first-order chi connectivity index (χ1) is 9.74. The van der Waals surface area contributed by atoms with Crippen molar-refractivity contribution < 1.29 is 4.79 Å². The molecule has 0 saturated carbocycles. The summed E-state index contributed by atoms with van der Waals surface area (Å²) in [6.45, 7) is 2.02. The minimum atomic E-state index is -0.0715. The molecule has 0 spiro atoms. The number of carbonyl (C=O) groups is 1. The maximum absolute atomic E-state index is 11.6. The summed E-state index contributed by atoms with van der Waals surface area (Å²) in [5.41, 5.74) is 5.86. The Bertz CT molecular complexity index is 591. The van der Waals surface area contributed by atoms with Crippen molar-refractivity contribution in [2.24, 2.45) is 5.10 Å². The summed E-state index contributed by atoms with van der Waals surface area (Å²) in [7, 11) is 0. The number of hydrogen-bond acceptors (Lipinski definition) is 2. The number of carbonyl (C=O) groups excluding carboxylic acids is 1. The standard InChI is InChI=1S/C17H18N2O/c1-14-6-5-9-16(12-14)13-18-19-17(20)11-10-15-7-3-2-4-8-15/h2-9,12-13H,10-11H2,1H3,(H,19,20)/b18-13-. The zero-order valence-corrected chi connectivity index (χ0v) is 11.5. The van der Waals surface area contributed by atoms with Crippen molar-refractivity contribution >= 4 is 12.1 Å². The Balaban J connectivity index is 1.78. The summed E-state index contributed by atoms with van der Waals surface area (Å²) in [6.07, 6.45) is 2.83. The third kappa shape index (κ3) is 4.69. The smallest absolute Gasteiger partial charge is 0.240 e. The van der Waals surface area contributed by atoms with Crippen LogP contribution in [0.4, 0.5) is 0 Å². The lowest BCUT2D eigenvalue weighted by Crippen LogP contribution is -2.17. The van der Waals surface area contributed by atoms with Crippen molar-refractivity contribution in [3.05, 3.63) is 71.3 Å². The first-order valence-electron chi connectivity index (χ1n) is 6.66. The second kappa shape index (κ2) is 7.24. The molecule has 0 aliphatic rings. The molecule has 2 rings (SSSR count). The first-order valence-corrected chi connectivity index (χ1v) is 6.66. The van der Waals surface area contributed by atoms with Crippen LogP contribution in [0.15, 0.2) is 59.7 Å². The number of nitrogens with zero attached hydrogens (tertiary/aromatic N) is 1. The SMILES string of the molecule is Cc1cccc(/C=N\NC(=O)CCc2ccccc2)c1. The van der Waals surface area contributed by atoms with Gasteiger partial charge in [-0.25, -0.2) is 5.43 Å². The molecular formula is C17H18N2O. The van der Waals surface area contributed by atoms with Gasteiger partial charge in [-0.15, -0.1) is 0 Å². The summed E-state index contributed by atoms with van der Waals surface area (Å²) >= 11 is 0. The van der Waals surface area contributed by atoms with Crippen LogP contribution in [0.2, 0.25) is 0 Å². The lowest BCUT2D eigenvalue weighted by atomic mass is 10.1. The summed E-state index contributed by atoms with van der Waals surface area (Å²) in [6, 6.07) is 17.9. The van der Waals surface area contributed by atoms with Gasteiger partial charge in [0.15, 0.2) is 0 Å².